The van der Waals surface area contributed by atoms with Gasteiger partial charge in [-0.3, -0.25) is 9.78 Å². The van der Waals surface area contributed by atoms with Crippen LogP contribution in [-0.4, -0.2) is 23.9 Å². The molecule has 0 amide bonds. The molecule has 21 heavy (non-hydrogen) atoms. The van der Waals surface area contributed by atoms with E-state index in [1.54, 1.807) is 0 Å². The van der Waals surface area contributed by atoms with Crippen molar-refractivity contribution in [2.24, 2.45) is 0 Å². The molecule has 0 aromatic carbocycles. The van der Waals surface area contributed by atoms with Gasteiger partial charge in [0.2, 0.25) is 5.88 Å². The van der Waals surface area contributed by atoms with E-state index in [-0.39, 0.29) is 12.7 Å². The Labute approximate surface area is 112 Å². The summed E-state index contributed by atoms with van der Waals surface area (Å²) in [6.45, 7) is 0.989. The number of alkyl halides is 6. The summed E-state index contributed by atoms with van der Waals surface area (Å²) in [6, 6.07) is -0.0576. The number of nitrogens with one attached hydrogen (secondary N) is 1. The number of carbonyl (C=O) groups is 1. The summed E-state index contributed by atoms with van der Waals surface area (Å²) >= 11 is 0. The Morgan fingerprint density at radius 3 is 2.24 bits per heavy atom. The first-order valence-electron chi connectivity index (χ1n) is 5.23. The quantitative estimate of drug-likeness (QED) is 0.686. The van der Waals surface area contributed by atoms with Gasteiger partial charge in [0, 0.05) is 0 Å². The number of hydrogen-bond donors (Lipinski definition) is 1. The first-order chi connectivity index (χ1) is 9.45. The Morgan fingerprint density at radius 2 is 1.81 bits per heavy atom. The predicted molar refractivity (Wildman–Crippen MR) is 54.7 cm³/mol. The number of H-pyrrole nitrogens is 1. The van der Waals surface area contributed by atoms with Crippen molar-refractivity contribution in [3.05, 3.63) is 27.5 Å². The number of pyridine rings is 1. The largest absolute Gasteiger partial charge is 0.574 e. The van der Waals surface area contributed by atoms with Crippen LogP contribution in [0.15, 0.2) is 10.9 Å². The van der Waals surface area contributed by atoms with Gasteiger partial charge in [0.1, 0.15) is 11.1 Å². The highest BCUT2D eigenvalue weighted by molar-refractivity contribution is 5.92. The van der Waals surface area contributed by atoms with Gasteiger partial charge in [0.25, 0.3) is 5.56 Å². The Balaban J connectivity index is 3.46. The number of aromatic amines is 1. The first kappa shape index (κ1) is 16.9. The third kappa shape index (κ3) is 4.39. The van der Waals surface area contributed by atoms with Crippen molar-refractivity contribution in [2.75, 3.05) is 6.61 Å². The van der Waals surface area contributed by atoms with Crippen molar-refractivity contribution in [3.63, 3.8) is 0 Å². The van der Waals surface area contributed by atoms with Crippen LogP contribution in [0.25, 0.3) is 0 Å². The number of esters is 1. The smallest absolute Gasteiger partial charge is 0.462 e. The van der Waals surface area contributed by atoms with E-state index in [2.05, 4.69) is 9.47 Å². The average Bonchev–Trinajstić information content (AvgIpc) is 2.25. The number of halogens is 6. The van der Waals surface area contributed by atoms with Crippen molar-refractivity contribution in [2.45, 2.75) is 19.5 Å². The molecule has 118 valence electrons. The van der Waals surface area contributed by atoms with Crippen molar-refractivity contribution < 1.29 is 40.6 Å². The highest BCUT2D eigenvalue weighted by atomic mass is 19.4. The van der Waals surface area contributed by atoms with Crippen LogP contribution in [0.4, 0.5) is 26.3 Å². The summed E-state index contributed by atoms with van der Waals surface area (Å²) in [5, 5.41) is 0. The molecule has 1 N–H and O–H groups in total. The predicted octanol–water partition coefficient (Wildman–Crippen LogP) is 2.47. The maximum absolute atomic E-state index is 12.5. The molecule has 0 radical (unpaired) electrons. The minimum atomic E-state index is -5.32. The van der Waals surface area contributed by atoms with Gasteiger partial charge >= 0.3 is 18.5 Å². The molecule has 0 saturated heterocycles. The molecule has 0 spiro atoms. The molecular formula is C10H7F6NO4. The van der Waals surface area contributed by atoms with Crippen molar-refractivity contribution in [3.8, 4) is 5.88 Å². The zero-order valence-electron chi connectivity index (χ0n) is 10.2. The van der Waals surface area contributed by atoms with Crippen LogP contribution < -0.4 is 10.3 Å². The van der Waals surface area contributed by atoms with Gasteiger partial charge in [-0.2, -0.15) is 13.2 Å². The first-order valence-corrected chi connectivity index (χ1v) is 5.23. The van der Waals surface area contributed by atoms with Crippen molar-refractivity contribution in [1.82, 2.24) is 4.98 Å². The van der Waals surface area contributed by atoms with Crippen LogP contribution in [0.2, 0.25) is 0 Å². The van der Waals surface area contributed by atoms with E-state index in [0.717, 1.165) is 0 Å². The molecule has 0 atom stereocenters. The minimum absolute atomic E-state index is 0.0576. The van der Waals surface area contributed by atoms with Crippen LogP contribution in [-0.2, 0) is 10.9 Å². The Hall–Kier alpha value is -2.20. The lowest BCUT2D eigenvalue weighted by atomic mass is 10.2. The van der Waals surface area contributed by atoms with Gasteiger partial charge in [-0.05, 0) is 13.0 Å². The number of hydrogen-bond acceptors (Lipinski definition) is 4. The van der Waals surface area contributed by atoms with E-state index in [0.29, 0.717) is 0 Å². The van der Waals surface area contributed by atoms with Gasteiger partial charge < -0.3 is 9.47 Å². The third-order valence-corrected chi connectivity index (χ3v) is 2.02. The molecule has 5 nitrogen and oxygen atoms in total. The highest BCUT2D eigenvalue weighted by Crippen LogP contribution is 2.30. The van der Waals surface area contributed by atoms with Crippen LogP contribution >= 0.6 is 0 Å². The maximum atomic E-state index is 12.5. The molecule has 11 heteroatoms. The zero-order valence-corrected chi connectivity index (χ0v) is 10.2. The summed E-state index contributed by atoms with van der Waals surface area (Å²) in [4.78, 5) is 23.7. The molecular weight excluding hydrogens is 312 g/mol. The van der Waals surface area contributed by atoms with E-state index in [9.17, 15) is 35.9 Å². The minimum Gasteiger partial charge on any atom is -0.462 e. The third-order valence-electron chi connectivity index (χ3n) is 2.02. The molecule has 1 heterocycles. The maximum Gasteiger partial charge on any atom is 0.574 e. The molecule has 0 aliphatic heterocycles. The lowest BCUT2D eigenvalue weighted by Crippen LogP contribution is -2.27. The van der Waals surface area contributed by atoms with Crippen LogP contribution in [0, 0.1) is 0 Å². The van der Waals surface area contributed by atoms with E-state index in [1.807, 2.05) is 0 Å². The molecule has 0 aliphatic carbocycles. The van der Waals surface area contributed by atoms with Gasteiger partial charge in [0.15, 0.2) is 0 Å². The summed E-state index contributed by atoms with van der Waals surface area (Å²) in [7, 11) is 0. The number of ether oxygens (including phenoxy) is 2. The van der Waals surface area contributed by atoms with Gasteiger partial charge in [-0.1, -0.05) is 0 Å². The van der Waals surface area contributed by atoms with Gasteiger partial charge in [-0.15, -0.1) is 13.2 Å². The molecule has 0 saturated carbocycles. The molecule has 1 aromatic heterocycles. The van der Waals surface area contributed by atoms with E-state index >= 15 is 0 Å². The standard InChI is InChI=1S/C10H7F6NO4/c1-2-20-8(19)4-3-5(9(11,12)13)6(18)17-7(4)21-10(14,15)16/h3H,2H2,1H3,(H,17,18). The summed E-state index contributed by atoms with van der Waals surface area (Å²) < 4.78 is 81.5. The number of rotatable bonds is 3. The highest BCUT2D eigenvalue weighted by Gasteiger charge is 2.38. The second-order valence-electron chi connectivity index (χ2n) is 3.52. The molecule has 1 rings (SSSR count). The van der Waals surface area contributed by atoms with Crippen LogP contribution in [0.5, 0.6) is 5.88 Å². The molecule has 0 fully saturated rings. The Morgan fingerprint density at radius 1 is 1.24 bits per heavy atom. The number of aromatic nitrogens is 1. The second kappa shape index (κ2) is 5.66. The monoisotopic (exact) mass is 319 g/mol. The van der Waals surface area contributed by atoms with E-state index < -0.39 is 41.1 Å². The lowest BCUT2D eigenvalue weighted by Gasteiger charge is -2.14. The zero-order chi connectivity index (χ0) is 16.4. The SMILES string of the molecule is CCOC(=O)c1cc(C(F)(F)F)c(=O)[nH]c1OC(F)(F)F. The fraction of sp³-hybridized carbons (Fsp3) is 0.400. The Kier molecular flexibility index (Phi) is 4.54. The van der Waals surface area contributed by atoms with Crippen LogP contribution in [0.3, 0.4) is 0 Å². The normalized spacial score (nSPS) is 12.1. The molecule has 0 unspecified atom stereocenters. The Bertz CT molecular complexity index is 589. The fourth-order valence-electron chi connectivity index (χ4n) is 1.28. The number of carbonyl (C=O) groups excluding carboxylic acids is 1. The lowest BCUT2D eigenvalue weighted by molar-refractivity contribution is -0.276. The van der Waals surface area contributed by atoms with Crippen LogP contribution in [0.1, 0.15) is 22.8 Å². The fourth-order valence-corrected chi connectivity index (χ4v) is 1.28. The molecule has 0 bridgehead atoms. The molecule has 1 aromatic rings. The summed E-state index contributed by atoms with van der Waals surface area (Å²) in [6.07, 6.45) is -10.5. The van der Waals surface area contributed by atoms with E-state index in [4.69, 9.17) is 0 Å². The summed E-state index contributed by atoms with van der Waals surface area (Å²) in [5.74, 6) is -2.97. The van der Waals surface area contributed by atoms with Gasteiger partial charge in [0.05, 0.1) is 6.61 Å². The summed E-state index contributed by atoms with van der Waals surface area (Å²) in [5.41, 5.74) is -4.92. The van der Waals surface area contributed by atoms with Crippen molar-refractivity contribution >= 4 is 5.97 Å². The van der Waals surface area contributed by atoms with Gasteiger partial charge in [-0.25, -0.2) is 4.79 Å². The molecule has 0 aliphatic rings. The van der Waals surface area contributed by atoms with Crippen molar-refractivity contribution in [1.29, 1.82) is 0 Å². The average molecular weight is 319 g/mol. The topological polar surface area (TPSA) is 68.4 Å². The van der Waals surface area contributed by atoms with E-state index in [1.165, 1.54) is 11.9 Å². The second-order valence-corrected chi connectivity index (χ2v) is 3.52.